The number of likely N-dealkylation sites (tertiary alicyclic amines) is 1. The van der Waals surface area contributed by atoms with Crippen molar-refractivity contribution in [3.05, 3.63) is 22.4 Å². The number of hydrogen-bond acceptors (Lipinski definition) is 3. The first kappa shape index (κ1) is 10.1. The van der Waals surface area contributed by atoms with Gasteiger partial charge in [0, 0.05) is 24.5 Å². The van der Waals surface area contributed by atoms with Crippen LogP contribution in [0, 0.1) is 0 Å². The van der Waals surface area contributed by atoms with Gasteiger partial charge in [-0.1, -0.05) is 13.0 Å². The zero-order valence-electron chi connectivity index (χ0n) is 8.57. The van der Waals surface area contributed by atoms with Crippen LogP contribution in [0.25, 0.3) is 0 Å². The molecule has 0 amide bonds. The molecule has 0 radical (unpaired) electrons. The molecule has 1 aromatic heterocycles. The molecule has 0 aromatic carbocycles. The highest BCUT2D eigenvalue weighted by Gasteiger charge is 2.38. The Morgan fingerprint density at radius 3 is 2.93 bits per heavy atom. The zero-order valence-corrected chi connectivity index (χ0v) is 9.39. The molecule has 2 nitrogen and oxygen atoms in total. The second-order valence-electron chi connectivity index (χ2n) is 4.12. The van der Waals surface area contributed by atoms with Gasteiger partial charge in [-0.05, 0) is 24.3 Å². The van der Waals surface area contributed by atoms with Gasteiger partial charge < -0.3 is 5.11 Å². The summed E-state index contributed by atoms with van der Waals surface area (Å²) in [5.74, 6) is 0. The van der Waals surface area contributed by atoms with Crippen molar-refractivity contribution in [1.29, 1.82) is 0 Å². The number of hydrogen-bond donors (Lipinski definition) is 1. The molecular formula is C11H17NOS. The molecule has 0 unspecified atom stereocenters. The van der Waals surface area contributed by atoms with Crippen LogP contribution in [-0.2, 0) is 6.42 Å². The highest BCUT2D eigenvalue weighted by atomic mass is 32.1. The van der Waals surface area contributed by atoms with Crippen molar-refractivity contribution in [2.45, 2.75) is 25.4 Å². The number of rotatable bonds is 4. The van der Waals surface area contributed by atoms with Gasteiger partial charge in [-0.25, -0.2) is 0 Å². The van der Waals surface area contributed by atoms with E-state index in [1.165, 1.54) is 4.88 Å². The first-order valence-corrected chi connectivity index (χ1v) is 6.07. The van der Waals surface area contributed by atoms with Crippen LogP contribution in [0.3, 0.4) is 0 Å². The number of aliphatic hydroxyl groups is 1. The van der Waals surface area contributed by atoms with Crippen molar-refractivity contribution in [2.24, 2.45) is 0 Å². The third kappa shape index (κ3) is 2.16. The van der Waals surface area contributed by atoms with Crippen molar-refractivity contribution in [3.63, 3.8) is 0 Å². The van der Waals surface area contributed by atoms with E-state index in [2.05, 4.69) is 29.3 Å². The lowest BCUT2D eigenvalue weighted by Crippen LogP contribution is -2.61. The third-order valence-electron chi connectivity index (χ3n) is 2.95. The number of nitrogens with zero attached hydrogens (tertiary/aromatic N) is 1. The zero-order chi connectivity index (χ0) is 10.0. The molecular weight excluding hydrogens is 194 g/mol. The summed E-state index contributed by atoms with van der Waals surface area (Å²) >= 11 is 1.82. The normalized spacial score (nSPS) is 20.7. The molecule has 2 rings (SSSR count). The molecule has 0 atom stereocenters. The fourth-order valence-corrected chi connectivity index (χ4v) is 2.59. The van der Waals surface area contributed by atoms with E-state index in [-0.39, 0.29) is 5.60 Å². The average Bonchev–Trinajstić information content (AvgIpc) is 2.63. The van der Waals surface area contributed by atoms with Crippen LogP contribution in [0.4, 0.5) is 0 Å². The fourth-order valence-electron chi connectivity index (χ4n) is 1.89. The lowest BCUT2D eigenvalue weighted by molar-refractivity contribution is -0.0985. The van der Waals surface area contributed by atoms with Crippen LogP contribution in [0.5, 0.6) is 0 Å². The average molecular weight is 211 g/mol. The third-order valence-corrected chi connectivity index (χ3v) is 3.88. The van der Waals surface area contributed by atoms with Crippen LogP contribution < -0.4 is 0 Å². The molecule has 1 saturated heterocycles. The predicted molar refractivity (Wildman–Crippen MR) is 59.7 cm³/mol. The molecule has 14 heavy (non-hydrogen) atoms. The Labute approximate surface area is 89.2 Å². The van der Waals surface area contributed by atoms with Crippen molar-refractivity contribution >= 4 is 11.3 Å². The Balaban J connectivity index is 1.70. The SMILES string of the molecule is CCC1(O)CN(CCc2cccs2)C1. The summed E-state index contributed by atoms with van der Waals surface area (Å²) in [6.45, 7) is 4.85. The number of thiophene rings is 1. The molecule has 1 N–H and O–H groups in total. The van der Waals surface area contributed by atoms with E-state index in [0.717, 1.165) is 32.5 Å². The first-order valence-electron chi connectivity index (χ1n) is 5.19. The second kappa shape index (κ2) is 4.01. The lowest BCUT2D eigenvalue weighted by Gasteiger charge is -2.46. The Morgan fingerprint density at radius 1 is 1.57 bits per heavy atom. The molecule has 1 fully saturated rings. The van der Waals surface area contributed by atoms with Crippen LogP contribution in [0.1, 0.15) is 18.2 Å². The van der Waals surface area contributed by atoms with Gasteiger partial charge in [-0.3, -0.25) is 4.90 Å². The first-order chi connectivity index (χ1) is 6.72. The largest absolute Gasteiger partial charge is 0.387 e. The molecule has 78 valence electrons. The summed E-state index contributed by atoms with van der Waals surface area (Å²) in [4.78, 5) is 3.76. The molecule has 0 bridgehead atoms. The predicted octanol–water partition coefficient (Wildman–Crippen LogP) is 1.75. The van der Waals surface area contributed by atoms with E-state index in [0.29, 0.717) is 0 Å². The maximum Gasteiger partial charge on any atom is 0.0897 e. The Kier molecular flexibility index (Phi) is 2.91. The van der Waals surface area contributed by atoms with Crippen LogP contribution in [0.2, 0.25) is 0 Å². The van der Waals surface area contributed by atoms with Crippen molar-refractivity contribution in [3.8, 4) is 0 Å². The summed E-state index contributed by atoms with van der Waals surface area (Å²) in [5, 5.41) is 11.9. The fraction of sp³-hybridized carbons (Fsp3) is 0.636. The maximum absolute atomic E-state index is 9.81. The molecule has 0 aliphatic carbocycles. The van der Waals surface area contributed by atoms with E-state index in [1.807, 2.05) is 11.3 Å². The number of β-amino-alcohol motifs (C(OH)–C–C–N with tert-alkyl or cyclic N) is 1. The summed E-state index contributed by atoms with van der Waals surface area (Å²) in [6, 6.07) is 4.27. The van der Waals surface area contributed by atoms with Crippen molar-refractivity contribution in [1.82, 2.24) is 4.90 Å². The Morgan fingerprint density at radius 2 is 2.36 bits per heavy atom. The molecule has 2 heterocycles. The second-order valence-corrected chi connectivity index (χ2v) is 5.15. The van der Waals surface area contributed by atoms with Crippen LogP contribution >= 0.6 is 11.3 Å². The standard InChI is InChI=1S/C11H17NOS/c1-2-11(13)8-12(9-11)6-5-10-4-3-7-14-10/h3-4,7,13H,2,5-6,8-9H2,1H3. The van der Waals surface area contributed by atoms with E-state index in [1.54, 1.807) is 0 Å². The molecule has 1 aromatic rings. The smallest absolute Gasteiger partial charge is 0.0897 e. The highest BCUT2D eigenvalue weighted by molar-refractivity contribution is 7.09. The van der Waals surface area contributed by atoms with Crippen LogP contribution in [0.15, 0.2) is 17.5 Å². The van der Waals surface area contributed by atoms with Gasteiger partial charge in [0.15, 0.2) is 0 Å². The monoisotopic (exact) mass is 211 g/mol. The minimum absolute atomic E-state index is 0.380. The van der Waals surface area contributed by atoms with E-state index < -0.39 is 0 Å². The minimum atomic E-state index is -0.380. The van der Waals surface area contributed by atoms with E-state index >= 15 is 0 Å². The van der Waals surface area contributed by atoms with Crippen LogP contribution in [-0.4, -0.2) is 35.2 Å². The molecule has 0 saturated carbocycles. The summed E-state index contributed by atoms with van der Waals surface area (Å²) in [7, 11) is 0. The topological polar surface area (TPSA) is 23.5 Å². The Hall–Kier alpha value is -0.380. The van der Waals surface area contributed by atoms with Crippen molar-refractivity contribution < 1.29 is 5.11 Å². The summed E-state index contributed by atoms with van der Waals surface area (Å²) in [6.07, 6.45) is 2.00. The van der Waals surface area contributed by atoms with Gasteiger partial charge in [0.05, 0.1) is 5.60 Å². The van der Waals surface area contributed by atoms with Gasteiger partial charge in [0.1, 0.15) is 0 Å². The summed E-state index contributed by atoms with van der Waals surface area (Å²) < 4.78 is 0. The quantitative estimate of drug-likeness (QED) is 0.820. The van der Waals surface area contributed by atoms with E-state index in [4.69, 9.17) is 0 Å². The van der Waals surface area contributed by atoms with Gasteiger partial charge in [-0.15, -0.1) is 11.3 Å². The van der Waals surface area contributed by atoms with Gasteiger partial charge >= 0.3 is 0 Å². The molecule has 1 aliphatic rings. The molecule has 3 heteroatoms. The van der Waals surface area contributed by atoms with Gasteiger partial charge in [0.2, 0.25) is 0 Å². The summed E-state index contributed by atoms with van der Waals surface area (Å²) in [5.41, 5.74) is -0.380. The minimum Gasteiger partial charge on any atom is -0.387 e. The highest BCUT2D eigenvalue weighted by Crippen LogP contribution is 2.24. The van der Waals surface area contributed by atoms with E-state index in [9.17, 15) is 5.11 Å². The molecule has 1 aliphatic heterocycles. The maximum atomic E-state index is 9.81. The molecule has 0 spiro atoms. The van der Waals surface area contributed by atoms with Gasteiger partial charge in [-0.2, -0.15) is 0 Å². The van der Waals surface area contributed by atoms with Crippen molar-refractivity contribution in [2.75, 3.05) is 19.6 Å². The Bertz CT molecular complexity index is 277. The van der Waals surface area contributed by atoms with Gasteiger partial charge in [0.25, 0.3) is 0 Å². The lowest BCUT2D eigenvalue weighted by atomic mass is 9.91.